The Morgan fingerprint density at radius 3 is 1.56 bits per heavy atom. The van der Waals surface area contributed by atoms with E-state index in [-0.39, 0.29) is 0 Å². The van der Waals surface area contributed by atoms with Crippen LogP contribution in [-0.2, 0) is 0 Å². The highest BCUT2D eigenvalue weighted by Gasteiger charge is 2.21. The van der Waals surface area contributed by atoms with Crippen LogP contribution in [0.2, 0.25) is 0 Å². The molecule has 0 aliphatic rings. The van der Waals surface area contributed by atoms with E-state index in [2.05, 4.69) is 138 Å². The molecule has 0 saturated carbocycles. The fourth-order valence-electron chi connectivity index (χ4n) is 9.35. The second-order valence-corrected chi connectivity index (χ2v) is 15.9. The quantitative estimate of drug-likeness (QED) is 0.167. The van der Waals surface area contributed by atoms with Gasteiger partial charge < -0.3 is 13.4 Å². The summed E-state index contributed by atoms with van der Waals surface area (Å²) in [6.07, 6.45) is 0. The molecular weight excluding hydrogens is 773 g/mol. The van der Waals surface area contributed by atoms with Gasteiger partial charge in [-0.3, -0.25) is 0 Å². The van der Waals surface area contributed by atoms with Gasteiger partial charge in [-0.1, -0.05) is 146 Å². The van der Waals surface area contributed by atoms with Gasteiger partial charge in [0.1, 0.15) is 22.3 Å². The zero-order valence-electron chi connectivity index (χ0n) is 33.7. The average Bonchev–Trinajstić information content (AvgIpc) is 4.03. The molecule has 0 unspecified atom stereocenters. The van der Waals surface area contributed by atoms with E-state index in [1.165, 1.54) is 21.9 Å². The van der Waals surface area contributed by atoms with Gasteiger partial charge in [0.25, 0.3) is 0 Å². The normalized spacial score (nSPS) is 11.8. The first-order valence-corrected chi connectivity index (χ1v) is 21.1. The van der Waals surface area contributed by atoms with Crippen molar-refractivity contribution in [2.45, 2.75) is 0 Å². The van der Waals surface area contributed by atoms with Crippen molar-refractivity contribution in [1.82, 2.24) is 19.5 Å². The lowest BCUT2D eigenvalue weighted by Gasteiger charge is -2.10. The van der Waals surface area contributed by atoms with Gasteiger partial charge in [-0.2, -0.15) is 0 Å². The molecule has 0 aliphatic heterocycles. The third-order valence-corrected chi connectivity index (χ3v) is 12.3. The third kappa shape index (κ3) is 5.69. The molecule has 0 spiro atoms. The summed E-state index contributed by atoms with van der Waals surface area (Å²) in [5.74, 6) is 1.72. The van der Waals surface area contributed by atoms with Crippen LogP contribution in [-0.4, -0.2) is 19.5 Å². The maximum absolute atomic E-state index is 6.58. The molecule has 63 heavy (non-hydrogen) atoms. The molecule has 0 fully saturated rings. The molecule has 294 valence electrons. The molecule has 13 aromatic rings. The highest BCUT2D eigenvalue weighted by atomic mass is 16.3. The Bertz CT molecular complexity index is 3900. The molecule has 4 aromatic heterocycles. The molecule has 0 bridgehead atoms. The lowest BCUT2D eigenvalue weighted by Crippen LogP contribution is -2.00. The van der Waals surface area contributed by atoms with Crippen molar-refractivity contribution in [2.75, 3.05) is 0 Å². The summed E-state index contributed by atoms with van der Waals surface area (Å²) in [5, 5.41) is 6.34. The Morgan fingerprint density at radius 1 is 0.302 bits per heavy atom. The highest BCUT2D eigenvalue weighted by molar-refractivity contribution is 6.15. The van der Waals surface area contributed by atoms with E-state index >= 15 is 0 Å². The van der Waals surface area contributed by atoms with Crippen LogP contribution < -0.4 is 0 Å². The SMILES string of the molecule is c1ccc(-c2ccc3c(c2)c2ccc(-c4ccc5oc6cccc(-c7nc(-c8ccccc8)nc(-c8cccc9oc%10ccccc%10c89)n7)c6c5c4)cc2n3-c2ccccc2)cc1. The number of aromatic nitrogens is 4. The summed E-state index contributed by atoms with van der Waals surface area (Å²) in [7, 11) is 0. The fraction of sp³-hybridized carbons (Fsp3) is 0. The fourth-order valence-corrected chi connectivity index (χ4v) is 9.35. The van der Waals surface area contributed by atoms with E-state index in [4.69, 9.17) is 23.8 Å². The lowest BCUT2D eigenvalue weighted by atomic mass is 9.99. The van der Waals surface area contributed by atoms with Crippen LogP contribution in [0.5, 0.6) is 0 Å². The number of para-hydroxylation sites is 2. The molecule has 4 heterocycles. The Hall–Kier alpha value is -8.61. The molecule has 0 N–H and O–H groups in total. The van der Waals surface area contributed by atoms with Crippen LogP contribution in [0, 0.1) is 0 Å². The van der Waals surface area contributed by atoms with Gasteiger partial charge in [-0.25, -0.2) is 15.0 Å². The van der Waals surface area contributed by atoms with Gasteiger partial charge in [-0.05, 0) is 82.9 Å². The molecule has 0 amide bonds. The van der Waals surface area contributed by atoms with Crippen molar-refractivity contribution < 1.29 is 8.83 Å². The van der Waals surface area contributed by atoms with Crippen LogP contribution >= 0.6 is 0 Å². The van der Waals surface area contributed by atoms with E-state index in [1.54, 1.807) is 0 Å². The minimum Gasteiger partial charge on any atom is -0.456 e. The molecule has 0 atom stereocenters. The summed E-state index contributed by atoms with van der Waals surface area (Å²) >= 11 is 0. The first-order chi connectivity index (χ1) is 31.2. The summed E-state index contributed by atoms with van der Waals surface area (Å²) in [6, 6.07) is 71.7. The maximum Gasteiger partial charge on any atom is 0.164 e. The van der Waals surface area contributed by atoms with E-state index in [1.807, 2.05) is 72.8 Å². The first-order valence-electron chi connectivity index (χ1n) is 21.1. The van der Waals surface area contributed by atoms with E-state index in [0.29, 0.717) is 17.5 Å². The zero-order chi connectivity index (χ0) is 41.4. The minimum atomic E-state index is 0.561. The monoisotopic (exact) mass is 806 g/mol. The van der Waals surface area contributed by atoms with Gasteiger partial charge in [0.2, 0.25) is 0 Å². The smallest absolute Gasteiger partial charge is 0.164 e. The summed E-state index contributed by atoms with van der Waals surface area (Å²) in [6.45, 7) is 0. The zero-order valence-corrected chi connectivity index (χ0v) is 33.7. The van der Waals surface area contributed by atoms with Crippen molar-refractivity contribution in [2.24, 2.45) is 0 Å². The van der Waals surface area contributed by atoms with Gasteiger partial charge in [0.05, 0.1) is 11.0 Å². The van der Waals surface area contributed by atoms with Crippen LogP contribution in [0.3, 0.4) is 0 Å². The van der Waals surface area contributed by atoms with E-state index in [0.717, 1.165) is 88.4 Å². The molecule has 0 aliphatic carbocycles. The Labute approximate surface area is 361 Å². The highest BCUT2D eigenvalue weighted by Crippen LogP contribution is 2.42. The molecule has 9 aromatic carbocycles. The number of fused-ring (bicyclic) bond motifs is 9. The van der Waals surface area contributed by atoms with Crippen LogP contribution in [0.1, 0.15) is 0 Å². The number of benzene rings is 9. The lowest BCUT2D eigenvalue weighted by molar-refractivity contribution is 0.668. The second-order valence-electron chi connectivity index (χ2n) is 15.9. The minimum absolute atomic E-state index is 0.561. The van der Waals surface area contributed by atoms with E-state index < -0.39 is 0 Å². The number of nitrogens with zero attached hydrogens (tertiary/aromatic N) is 4. The second kappa shape index (κ2) is 14.0. The van der Waals surface area contributed by atoms with Gasteiger partial charge in [-0.15, -0.1) is 0 Å². The maximum atomic E-state index is 6.58. The van der Waals surface area contributed by atoms with Crippen molar-refractivity contribution in [3.63, 3.8) is 0 Å². The first kappa shape index (κ1) is 35.2. The van der Waals surface area contributed by atoms with Crippen molar-refractivity contribution >= 4 is 65.7 Å². The molecule has 6 heteroatoms. The number of hydrogen-bond donors (Lipinski definition) is 0. The Balaban J connectivity index is 1.00. The largest absolute Gasteiger partial charge is 0.456 e. The molecule has 6 nitrogen and oxygen atoms in total. The number of furan rings is 2. The van der Waals surface area contributed by atoms with Crippen molar-refractivity contribution in [3.8, 4) is 62.1 Å². The number of rotatable bonds is 6. The molecule has 0 radical (unpaired) electrons. The van der Waals surface area contributed by atoms with E-state index in [9.17, 15) is 0 Å². The Morgan fingerprint density at radius 2 is 0.825 bits per heavy atom. The van der Waals surface area contributed by atoms with Gasteiger partial charge >= 0.3 is 0 Å². The van der Waals surface area contributed by atoms with Crippen molar-refractivity contribution in [1.29, 1.82) is 0 Å². The molecule has 0 saturated heterocycles. The van der Waals surface area contributed by atoms with Crippen LogP contribution in [0.15, 0.2) is 215 Å². The predicted molar refractivity (Wildman–Crippen MR) is 256 cm³/mol. The van der Waals surface area contributed by atoms with Crippen LogP contribution in [0.25, 0.3) is 128 Å². The standard InChI is InChI=1S/C57H34N4O2/c1-4-14-35(15-5-1)37-27-30-47-45(32-37)41-29-26-39(34-48(41)61(47)40-18-8-3-9-19-40)38-28-31-50-46(33-38)54-44(22-13-25-52(54)63-50)57-59-55(36-16-6-2-7-17-36)58-56(60-57)43-21-12-24-51-53(43)42-20-10-11-23-49(42)62-51/h1-34H. The van der Waals surface area contributed by atoms with Gasteiger partial charge in [0, 0.05) is 54.7 Å². The Kier molecular flexibility index (Phi) is 7.80. The third-order valence-electron chi connectivity index (χ3n) is 12.3. The average molecular weight is 807 g/mol. The predicted octanol–water partition coefficient (Wildman–Crippen LogP) is 15.1. The summed E-state index contributed by atoms with van der Waals surface area (Å²) < 4.78 is 15.2. The van der Waals surface area contributed by atoms with Crippen molar-refractivity contribution in [3.05, 3.63) is 206 Å². The molecular formula is C57H34N4O2. The van der Waals surface area contributed by atoms with Gasteiger partial charge in [0.15, 0.2) is 17.5 Å². The van der Waals surface area contributed by atoms with Crippen LogP contribution in [0.4, 0.5) is 0 Å². The summed E-state index contributed by atoms with van der Waals surface area (Å²) in [5.41, 5.74) is 13.8. The topological polar surface area (TPSA) is 69.9 Å². The molecule has 13 rings (SSSR count). The number of hydrogen-bond acceptors (Lipinski definition) is 5. The summed E-state index contributed by atoms with van der Waals surface area (Å²) in [4.78, 5) is 15.6.